The van der Waals surface area contributed by atoms with Gasteiger partial charge in [-0.25, -0.2) is 9.97 Å². The topological polar surface area (TPSA) is 50.7 Å². The number of rotatable bonds is 5. The second-order valence-electron chi connectivity index (χ2n) is 4.59. The zero-order valence-corrected chi connectivity index (χ0v) is 14.2. The average molecular weight is 382 g/mol. The first-order valence-corrected chi connectivity index (χ1v) is 7.97. The van der Waals surface area contributed by atoms with Crippen LogP contribution in [0.2, 0.25) is 0 Å². The molecule has 0 atom stereocenters. The van der Waals surface area contributed by atoms with Gasteiger partial charge in [-0.2, -0.15) is 0 Å². The van der Waals surface area contributed by atoms with E-state index >= 15 is 0 Å². The van der Waals surface area contributed by atoms with E-state index in [1.54, 1.807) is 6.20 Å². The lowest BCUT2D eigenvalue weighted by Gasteiger charge is -2.12. The minimum absolute atomic E-state index is 0.707. The molecule has 106 valence electrons. The summed E-state index contributed by atoms with van der Waals surface area (Å²) in [5.74, 6) is 1.61. The van der Waals surface area contributed by atoms with Gasteiger partial charge in [0.15, 0.2) is 5.82 Å². The fraction of sp³-hybridized carbons (Fsp3) is 0.400. The number of nitrogens with zero attached hydrogens (tertiary/aromatic N) is 3. The normalized spacial score (nSPS) is 10.6. The molecule has 2 heterocycles. The van der Waals surface area contributed by atoms with Crippen molar-refractivity contribution in [3.05, 3.63) is 33.2 Å². The van der Waals surface area contributed by atoms with Gasteiger partial charge in [0.2, 0.25) is 0 Å². The van der Waals surface area contributed by atoms with Crippen LogP contribution >= 0.6 is 22.6 Å². The van der Waals surface area contributed by atoms with E-state index in [1.807, 2.05) is 13.0 Å². The molecule has 0 aliphatic heterocycles. The van der Waals surface area contributed by atoms with Crippen LogP contribution in [-0.4, -0.2) is 21.5 Å². The Hall–Kier alpha value is -1.24. The van der Waals surface area contributed by atoms with Gasteiger partial charge in [0.25, 0.3) is 0 Å². The monoisotopic (exact) mass is 382 g/mol. The van der Waals surface area contributed by atoms with Crippen LogP contribution in [-0.2, 0) is 6.42 Å². The molecule has 0 radical (unpaired) electrons. The first-order valence-electron chi connectivity index (χ1n) is 6.89. The van der Waals surface area contributed by atoms with Crippen LogP contribution in [0.15, 0.2) is 18.3 Å². The number of anilines is 1. The SMILES string of the molecule is CCCNc1nc(-c2ncccc2CC)nc(C)c1I. The summed E-state index contributed by atoms with van der Waals surface area (Å²) in [5, 5.41) is 3.36. The first kappa shape index (κ1) is 15.2. The van der Waals surface area contributed by atoms with Gasteiger partial charge < -0.3 is 5.32 Å². The van der Waals surface area contributed by atoms with Crippen LogP contribution in [0.1, 0.15) is 31.5 Å². The first-order chi connectivity index (χ1) is 9.67. The van der Waals surface area contributed by atoms with Crippen molar-refractivity contribution in [2.75, 3.05) is 11.9 Å². The lowest BCUT2D eigenvalue weighted by atomic mass is 10.1. The Labute approximate surface area is 133 Å². The smallest absolute Gasteiger partial charge is 0.180 e. The molecule has 2 aromatic heterocycles. The Morgan fingerprint density at radius 2 is 2.05 bits per heavy atom. The lowest BCUT2D eigenvalue weighted by molar-refractivity contribution is 0.954. The predicted octanol–water partition coefficient (Wildman–Crippen LogP) is 3.84. The zero-order valence-electron chi connectivity index (χ0n) is 12.1. The molecule has 2 rings (SSSR count). The fourth-order valence-corrected chi connectivity index (χ4v) is 2.38. The molecular formula is C15H19IN4. The highest BCUT2D eigenvalue weighted by Crippen LogP contribution is 2.24. The van der Waals surface area contributed by atoms with Crippen molar-refractivity contribution in [2.45, 2.75) is 33.6 Å². The van der Waals surface area contributed by atoms with E-state index in [0.29, 0.717) is 5.82 Å². The van der Waals surface area contributed by atoms with Crippen molar-refractivity contribution < 1.29 is 0 Å². The molecule has 0 unspecified atom stereocenters. The third kappa shape index (κ3) is 3.26. The molecule has 0 fully saturated rings. The van der Waals surface area contributed by atoms with Gasteiger partial charge in [0.1, 0.15) is 11.5 Å². The summed E-state index contributed by atoms with van der Waals surface area (Å²) in [4.78, 5) is 13.7. The highest BCUT2D eigenvalue weighted by molar-refractivity contribution is 14.1. The molecule has 20 heavy (non-hydrogen) atoms. The minimum atomic E-state index is 0.707. The lowest BCUT2D eigenvalue weighted by Crippen LogP contribution is -2.08. The van der Waals surface area contributed by atoms with Gasteiger partial charge in [0.05, 0.1) is 9.26 Å². The van der Waals surface area contributed by atoms with Gasteiger partial charge in [-0.05, 0) is 54.0 Å². The number of pyridine rings is 1. The molecule has 0 saturated carbocycles. The quantitative estimate of drug-likeness (QED) is 0.799. The largest absolute Gasteiger partial charge is 0.369 e. The van der Waals surface area contributed by atoms with Crippen LogP contribution in [0.25, 0.3) is 11.5 Å². The van der Waals surface area contributed by atoms with Crippen molar-refractivity contribution in [1.82, 2.24) is 15.0 Å². The highest BCUT2D eigenvalue weighted by Gasteiger charge is 2.13. The van der Waals surface area contributed by atoms with Gasteiger partial charge in [-0.3, -0.25) is 4.98 Å². The summed E-state index contributed by atoms with van der Waals surface area (Å²) < 4.78 is 1.08. The summed E-state index contributed by atoms with van der Waals surface area (Å²) in [6.45, 7) is 7.19. The summed E-state index contributed by atoms with van der Waals surface area (Å²) in [7, 11) is 0. The molecular weight excluding hydrogens is 363 g/mol. The Bertz CT molecular complexity index is 598. The number of hydrogen-bond donors (Lipinski definition) is 1. The Morgan fingerprint density at radius 1 is 1.25 bits per heavy atom. The van der Waals surface area contributed by atoms with Gasteiger partial charge in [-0.1, -0.05) is 19.9 Å². The second kappa shape index (κ2) is 6.97. The van der Waals surface area contributed by atoms with Gasteiger partial charge in [0, 0.05) is 12.7 Å². The number of hydrogen-bond acceptors (Lipinski definition) is 4. The maximum atomic E-state index is 4.66. The molecule has 0 spiro atoms. The summed E-state index contributed by atoms with van der Waals surface area (Å²) in [6, 6.07) is 4.04. The molecule has 0 bridgehead atoms. The fourth-order valence-electron chi connectivity index (χ4n) is 1.95. The van der Waals surface area contributed by atoms with Crippen molar-refractivity contribution >= 4 is 28.4 Å². The van der Waals surface area contributed by atoms with E-state index in [1.165, 1.54) is 5.56 Å². The van der Waals surface area contributed by atoms with Crippen LogP contribution < -0.4 is 5.32 Å². The van der Waals surface area contributed by atoms with Crippen LogP contribution in [0.3, 0.4) is 0 Å². The van der Waals surface area contributed by atoms with E-state index in [4.69, 9.17) is 0 Å². The van der Waals surface area contributed by atoms with E-state index in [-0.39, 0.29) is 0 Å². The zero-order chi connectivity index (χ0) is 14.5. The highest BCUT2D eigenvalue weighted by atomic mass is 127. The predicted molar refractivity (Wildman–Crippen MR) is 90.9 cm³/mol. The number of nitrogens with one attached hydrogen (secondary N) is 1. The average Bonchev–Trinajstić information content (AvgIpc) is 2.48. The van der Waals surface area contributed by atoms with E-state index < -0.39 is 0 Å². The van der Waals surface area contributed by atoms with Crippen LogP contribution in [0.4, 0.5) is 5.82 Å². The number of halogens is 1. The number of aromatic nitrogens is 3. The van der Waals surface area contributed by atoms with Crippen molar-refractivity contribution in [2.24, 2.45) is 0 Å². The van der Waals surface area contributed by atoms with Crippen molar-refractivity contribution in [1.29, 1.82) is 0 Å². The third-order valence-corrected chi connectivity index (χ3v) is 4.33. The van der Waals surface area contributed by atoms with Crippen molar-refractivity contribution in [3.8, 4) is 11.5 Å². The molecule has 0 aliphatic rings. The van der Waals surface area contributed by atoms with Crippen LogP contribution in [0.5, 0.6) is 0 Å². The summed E-state index contributed by atoms with van der Waals surface area (Å²) in [6.07, 6.45) is 3.79. The van der Waals surface area contributed by atoms with Crippen molar-refractivity contribution in [3.63, 3.8) is 0 Å². The van der Waals surface area contributed by atoms with E-state index in [0.717, 1.165) is 40.2 Å². The molecule has 0 amide bonds. The molecule has 2 aromatic rings. The van der Waals surface area contributed by atoms with E-state index in [2.05, 4.69) is 62.8 Å². The number of aryl methyl sites for hydroxylation is 2. The molecule has 0 saturated heterocycles. The standard InChI is InChI=1S/C15H19IN4/c1-4-8-18-14-12(16)10(3)19-15(20-14)13-11(5-2)7-6-9-17-13/h6-7,9H,4-5,8H2,1-3H3,(H,18,19,20). The second-order valence-corrected chi connectivity index (χ2v) is 5.67. The summed E-state index contributed by atoms with van der Waals surface area (Å²) >= 11 is 2.29. The Morgan fingerprint density at radius 3 is 2.75 bits per heavy atom. The third-order valence-electron chi connectivity index (χ3n) is 3.04. The van der Waals surface area contributed by atoms with Gasteiger partial charge in [-0.15, -0.1) is 0 Å². The summed E-state index contributed by atoms with van der Waals surface area (Å²) in [5.41, 5.74) is 3.05. The maximum Gasteiger partial charge on any atom is 0.180 e. The van der Waals surface area contributed by atoms with Gasteiger partial charge >= 0.3 is 0 Å². The Kier molecular flexibility index (Phi) is 5.28. The Balaban J connectivity index is 2.49. The molecule has 0 aromatic carbocycles. The molecule has 4 nitrogen and oxygen atoms in total. The molecule has 5 heteroatoms. The maximum absolute atomic E-state index is 4.66. The van der Waals surface area contributed by atoms with Crippen LogP contribution in [0, 0.1) is 10.5 Å². The molecule has 0 aliphatic carbocycles. The van der Waals surface area contributed by atoms with E-state index in [9.17, 15) is 0 Å². The molecule has 1 N–H and O–H groups in total. The minimum Gasteiger partial charge on any atom is -0.369 e.